The maximum Gasteiger partial charge on any atom is 0.410 e. The average molecular weight is 470 g/mol. The second kappa shape index (κ2) is 11.7. The molecule has 0 aliphatic carbocycles. The number of hydrogen-bond donors (Lipinski definition) is 1. The molecule has 34 heavy (non-hydrogen) atoms. The Labute approximate surface area is 201 Å². The molecule has 0 saturated carbocycles. The minimum atomic E-state index is -0.500. The molecule has 1 saturated heterocycles. The number of nitrogens with zero attached hydrogens (tertiary/aromatic N) is 2. The van der Waals surface area contributed by atoms with E-state index in [0.29, 0.717) is 44.3 Å². The number of aromatic nitrogens is 1. The van der Waals surface area contributed by atoms with Crippen LogP contribution in [-0.2, 0) is 16.1 Å². The van der Waals surface area contributed by atoms with Crippen molar-refractivity contribution in [3.8, 4) is 17.4 Å². The second-order valence-electron chi connectivity index (χ2n) is 9.40. The summed E-state index contributed by atoms with van der Waals surface area (Å²) >= 11 is 0. The predicted molar refractivity (Wildman–Crippen MR) is 129 cm³/mol. The molecule has 0 bridgehead atoms. The molecule has 1 N–H and O–H groups in total. The first kappa shape index (κ1) is 25.3. The van der Waals surface area contributed by atoms with Crippen molar-refractivity contribution in [1.82, 2.24) is 15.2 Å². The van der Waals surface area contributed by atoms with Crippen LogP contribution in [0, 0.1) is 5.92 Å². The standard InChI is InChI=1S/C26H35N3O5/c1-5-32-21-6-8-22(9-7-21)33-24-17-20(10-13-27-24)18-28-23(30)16-19-11-14-29(15-12-19)25(31)34-26(2,3)4/h6-10,13,17,19H,5,11-12,14-16,18H2,1-4H3,(H,28,30). The van der Waals surface area contributed by atoms with Crippen molar-refractivity contribution in [2.45, 2.75) is 59.1 Å². The summed E-state index contributed by atoms with van der Waals surface area (Å²) in [6.07, 6.45) is 3.42. The van der Waals surface area contributed by atoms with Gasteiger partial charge in [0.2, 0.25) is 11.8 Å². The van der Waals surface area contributed by atoms with Crippen molar-refractivity contribution in [3.05, 3.63) is 48.2 Å². The van der Waals surface area contributed by atoms with Gasteiger partial charge in [-0.05, 0) is 82.3 Å². The molecule has 1 aliphatic rings. The van der Waals surface area contributed by atoms with Crippen molar-refractivity contribution in [1.29, 1.82) is 0 Å². The Hall–Kier alpha value is -3.29. The predicted octanol–water partition coefficient (Wildman–Crippen LogP) is 4.93. The summed E-state index contributed by atoms with van der Waals surface area (Å²) in [5.41, 5.74) is 0.406. The minimum Gasteiger partial charge on any atom is -0.494 e. The SMILES string of the molecule is CCOc1ccc(Oc2cc(CNC(=O)CC3CCN(C(=O)OC(C)(C)C)CC3)ccn2)cc1. The number of rotatable bonds is 8. The zero-order valence-electron chi connectivity index (χ0n) is 20.5. The van der Waals surface area contributed by atoms with Crippen LogP contribution < -0.4 is 14.8 Å². The van der Waals surface area contributed by atoms with E-state index >= 15 is 0 Å². The smallest absolute Gasteiger partial charge is 0.410 e. The molecule has 2 amide bonds. The molecular formula is C26H35N3O5. The van der Waals surface area contributed by atoms with Crippen LogP contribution in [-0.4, -0.2) is 47.2 Å². The van der Waals surface area contributed by atoms with Gasteiger partial charge in [0.05, 0.1) is 6.61 Å². The second-order valence-corrected chi connectivity index (χ2v) is 9.40. The van der Waals surface area contributed by atoms with Crippen LogP contribution in [0.3, 0.4) is 0 Å². The first-order valence-corrected chi connectivity index (χ1v) is 11.8. The highest BCUT2D eigenvalue weighted by atomic mass is 16.6. The largest absolute Gasteiger partial charge is 0.494 e. The number of likely N-dealkylation sites (tertiary alicyclic amines) is 1. The van der Waals surface area contributed by atoms with Gasteiger partial charge in [0.25, 0.3) is 0 Å². The molecule has 8 nitrogen and oxygen atoms in total. The fourth-order valence-electron chi connectivity index (χ4n) is 3.69. The van der Waals surface area contributed by atoms with Crippen LogP contribution in [0.4, 0.5) is 4.79 Å². The van der Waals surface area contributed by atoms with E-state index in [9.17, 15) is 9.59 Å². The van der Waals surface area contributed by atoms with Crippen LogP contribution >= 0.6 is 0 Å². The lowest BCUT2D eigenvalue weighted by Crippen LogP contribution is -2.42. The number of amides is 2. The van der Waals surface area contributed by atoms with E-state index in [1.54, 1.807) is 11.1 Å². The highest BCUT2D eigenvalue weighted by Gasteiger charge is 2.27. The fourth-order valence-corrected chi connectivity index (χ4v) is 3.69. The van der Waals surface area contributed by atoms with Gasteiger partial charge in [0.15, 0.2) is 0 Å². The molecule has 0 radical (unpaired) electrons. The molecule has 0 spiro atoms. The molecule has 8 heteroatoms. The lowest BCUT2D eigenvalue weighted by Gasteiger charge is -2.33. The first-order valence-electron chi connectivity index (χ1n) is 11.8. The van der Waals surface area contributed by atoms with Gasteiger partial charge in [-0.1, -0.05) is 0 Å². The zero-order chi connectivity index (χ0) is 24.6. The van der Waals surface area contributed by atoms with Crippen molar-refractivity contribution in [2.24, 2.45) is 5.92 Å². The lowest BCUT2D eigenvalue weighted by atomic mass is 9.93. The van der Waals surface area contributed by atoms with E-state index in [-0.39, 0.29) is 17.9 Å². The van der Waals surface area contributed by atoms with E-state index in [2.05, 4.69) is 10.3 Å². The molecular weight excluding hydrogens is 434 g/mol. The Kier molecular flexibility index (Phi) is 8.73. The van der Waals surface area contributed by atoms with E-state index in [1.807, 2.05) is 64.1 Å². The van der Waals surface area contributed by atoms with Crippen molar-refractivity contribution >= 4 is 12.0 Å². The van der Waals surface area contributed by atoms with E-state index in [0.717, 1.165) is 24.2 Å². The fraction of sp³-hybridized carbons (Fsp3) is 0.500. The summed E-state index contributed by atoms with van der Waals surface area (Å²) in [4.78, 5) is 30.6. The minimum absolute atomic E-state index is 0.00140. The van der Waals surface area contributed by atoms with Crippen molar-refractivity contribution < 1.29 is 23.8 Å². The maximum atomic E-state index is 12.5. The molecule has 1 aliphatic heterocycles. The quantitative estimate of drug-likeness (QED) is 0.590. The van der Waals surface area contributed by atoms with E-state index in [4.69, 9.17) is 14.2 Å². The number of pyridine rings is 1. The number of nitrogens with one attached hydrogen (secondary N) is 1. The third kappa shape index (κ3) is 8.24. The molecule has 1 aromatic carbocycles. The molecule has 2 heterocycles. The summed E-state index contributed by atoms with van der Waals surface area (Å²) in [5.74, 6) is 2.17. The summed E-state index contributed by atoms with van der Waals surface area (Å²) < 4.78 is 16.7. The Morgan fingerprint density at radius 1 is 1.09 bits per heavy atom. The van der Waals surface area contributed by atoms with E-state index < -0.39 is 5.60 Å². The van der Waals surface area contributed by atoms with Crippen molar-refractivity contribution in [3.63, 3.8) is 0 Å². The number of carbonyl (C=O) groups is 2. The number of benzene rings is 1. The molecule has 2 aromatic rings. The van der Waals surface area contributed by atoms with Crippen LogP contribution in [0.5, 0.6) is 17.4 Å². The molecule has 1 fully saturated rings. The molecule has 1 aromatic heterocycles. The summed E-state index contributed by atoms with van der Waals surface area (Å²) in [6, 6.07) is 11.0. The molecule has 3 rings (SSSR count). The average Bonchev–Trinajstić information content (AvgIpc) is 2.79. The number of hydrogen-bond acceptors (Lipinski definition) is 6. The maximum absolute atomic E-state index is 12.5. The molecule has 184 valence electrons. The van der Waals surface area contributed by atoms with Gasteiger partial charge in [-0.25, -0.2) is 9.78 Å². The Morgan fingerprint density at radius 2 is 1.76 bits per heavy atom. The Morgan fingerprint density at radius 3 is 2.41 bits per heavy atom. The van der Waals surface area contributed by atoms with Gasteiger partial charge in [0.1, 0.15) is 17.1 Å². The lowest BCUT2D eigenvalue weighted by molar-refractivity contribution is -0.122. The van der Waals surface area contributed by atoms with E-state index in [1.165, 1.54) is 0 Å². The van der Waals surface area contributed by atoms with Crippen molar-refractivity contribution in [2.75, 3.05) is 19.7 Å². The molecule has 0 unspecified atom stereocenters. The highest BCUT2D eigenvalue weighted by Crippen LogP contribution is 2.24. The number of piperidine rings is 1. The van der Waals surface area contributed by atoms with Gasteiger partial charge in [-0.15, -0.1) is 0 Å². The number of carbonyl (C=O) groups excluding carboxylic acids is 2. The van der Waals surface area contributed by atoms with Crippen LogP contribution in [0.15, 0.2) is 42.6 Å². The van der Waals surface area contributed by atoms with Gasteiger partial charge >= 0.3 is 6.09 Å². The summed E-state index contributed by atoms with van der Waals surface area (Å²) in [7, 11) is 0. The molecule has 0 atom stereocenters. The monoisotopic (exact) mass is 469 g/mol. The summed E-state index contributed by atoms with van der Waals surface area (Å²) in [6.45, 7) is 9.76. The Balaban J connectivity index is 1.42. The van der Waals surface area contributed by atoms with Crippen LogP contribution in [0.25, 0.3) is 0 Å². The summed E-state index contributed by atoms with van der Waals surface area (Å²) in [5, 5.41) is 2.98. The van der Waals surface area contributed by atoms with Crippen LogP contribution in [0.2, 0.25) is 0 Å². The normalized spacial score (nSPS) is 14.4. The Bertz CT molecular complexity index is 948. The van der Waals surface area contributed by atoms with Gasteiger partial charge in [0, 0.05) is 38.3 Å². The third-order valence-corrected chi connectivity index (χ3v) is 5.39. The zero-order valence-corrected chi connectivity index (χ0v) is 20.5. The number of ether oxygens (including phenoxy) is 3. The third-order valence-electron chi connectivity index (χ3n) is 5.39. The first-order chi connectivity index (χ1) is 16.2. The van der Waals surface area contributed by atoms with Gasteiger partial charge in [-0.2, -0.15) is 0 Å². The van der Waals surface area contributed by atoms with Crippen LogP contribution in [0.1, 0.15) is 52.5 Å². The highest BCUT2D eigenvalue weighted by molar-refractivity contribution is 5.76. The topological polar surface area (TPSA) is 90.0 Å². The van der Waals surface area contributed by atoms with Gasteiger partial charge < -0.3 is 24.4 Å². The van der Waals surface area contributed by atoms with Gasteiger partial charge in [-0.3, -0.25) is 4.79 Å².